The lowest BCUT2D eigenvalue weighted by molar-refractivity contribution is -0.123. The molecule has 0 bridgehead atoms. The first-order chi connectivity index (χ1) is 12.6. The highest BCUT2D eigenvalue weighted by Gasteiger charge is 2.23. The first kappa shape index (κ1) is 18.5. The fraction of sp³-hybridized carbons (Fsp3) is 0.429. The van der Waals surface area contributed by atoms with Crippen molar-refractivity contribution in [1.82, 2.24) is 15.2 Å². The number of aromatic nitrogens is 1. The second-order valence-electron chi connectivity index (χ2n) is 7.15. The molecule has 2 heterocycles. The van der Waals surface area contributed by atoms with Gasteiger partial charge in [0.2, 0.25) is 5.91 Å². The number of amides is 1. The van der Waals surface area contributed by atoms with Crippen molar-refractivity contribution < 1.29 is 4.79 Å². The van der Waals surface area contributed by atoms with Gasteiger partial charge in [0, 0.05) is 38.1 Å². The molecule has 26 heavy (non-hydrogen) atoms. The van der Waals surface area contributed by atoms with Crippen molar-refractivity contribution in [3.8, 4) is 0 Å². The number of nitrogens with zero attached hydrogens (tertiary/aromatic N) is 2. The Morgan fingerprint density at radius 2 is 2.12 bits per heavy atom. The van der Waals surface area contributed by atoms with Crippen molar-refractivity contribution in [2.75, 3.05) is 13.1 Å². The van der Waals surface area contributed by atoms with Crippen LogP contribution >= 0.6 is 0 Å². The number of rotatable bonds is 7. The number of carbonyl (C=O) groups is 1. The van der Waals surface area contributed by atoms with Crippen molar-refractivity contribution in [1.29, 1.82) is 0 Å². The van der Waals surface area contributed by atoms with Crippen LogP contribution in [-0.2, 0) is 24.4 Å². The summed E-state index contributed by atoms with van der Waals surface area (Å²) < 4.78 is 0. The number of aryl methyl sites for hydroxylation is 1. The fourth-order valence-electron chi connectivity index (χ4n) is 3.57. The third kappa shape index (κ3) is 5.13. The van der Waals surface area contributed by atoms with Gasteiger partial charge in [-0.05, 0) is 49.1 Å². The average molecular weight is 352 g/mol. The normalized spacial score (nSPS) is 18.0. The van der Waals surface area contributed by atoms with Crippen LogP contribution in [0.25, 0.3) is 0 Å². The largest absolute Gasteiger partial charge is 0.369 e. The van der Waals surface area contributed by atoms with E-state index >= 15 is 0 Å². The van der Waals surface area contributed by atoms with Gasteiger partial charge in [-0.25, -0.2) is 0 Å². The molecule has 1 aromatic heterocycles. The van der Waals surface area contributed by atoms with Crippen molar-refractivity contribution in [2.45, 2.75) is 39.4 Å². The van der Waals surface area contributed by atoms with E-state index in [0.717, 1.165) is 51.3 Å². The van der Waals surface area contributed by atoms with Crippen LogP contribution in [0.4, 0.5) is 0 Å². The van der Waals surface area contributed by atoms with Crippen molar-refractivity contribution in [3.05, 3.63) is 65.0 Å². The van der Waals surface area contributed by atoms with Gasteiger partial charge in [-0.3, -0.25) is 14.7 Å². The molecule has 1 aliphatic rings. The van der Waals surface area contributed by atoms with Crippen LogP contribution in [0.2, 0.25) is 0 Å². The van der Waals surface area contributed by atoms with Gasteiger partial charge in [-0.2, -0.15) is 0 Å². The van der Waals surface area contributed by atoms with Gasteiger partial charge >= 0.3 is 0 Å². The first-order valence-electron chi connectivity index (χ1n) is 9.32. The van der Waals surface area contributed by atoms with Gasteiger partial charge < -0.3 is 11.1 Å². The number of benzene rings is 1. The zero-order valence-electron chi connectivity index (χ0n) is 15.4. The summed E-state index contributed by atoms with van der Waals surface area (Å²) in [6.45, 7) is 6.36. The van der Waals surface area contributed by atoms with E-state index < -0.39 is 0 Å². The maximum atomic E-state index is 11.4. The molecule has 2 aromatic rings. The predicted octanol–water partition coefficient (Wildman–Crippen LogP) is 2.38. The molecule has 0 aliphatic carbocycles. The Morgan fingerprint density at radius 3 is 2.92 bits per heavy atom. The van der Waals surface area contributed by atoms with E-state index in [1.807, 2.05) is 19.2 Å². The van der Waals surface area contributed by atoms with Gasteiger partial charge in [0.25, 0.3) is 0 Å². The summed E-state index contributed by atoms with van der Waals surface area (Å²) in [5.74, 6) is -0.172. The van der Waals surface area contributed by atoms with Crippen LogP contribution in [0.5, 0.6) is 0 Å². The number of hydrogen-bond donors (Lipinski definition) is 2. The van der Waals surface area contributed by atoms with E-state index in [9.17, 15) is 4.79 Å². The maximum absolute atomic E-state index is 11.4. The quantitative estimate of drug-likeness (QED) is 0.803. The molecule has 3 N–H and O–H groups in total. The van der Waals surface area contributed by atoms with Gasteiger partial charge in [0.1, 0.15) is 0 Å². The van der Waals surface area contributed by atoms with E-state index in [0.29, 0.717) is 0 Å². The summed E-state index contributed by atoms with van der Waals surface area (Å²) >= 11 is 0. The molecule has 0 spiro atoms. The lowest BCUT2D eigenvalue weighted by Crippen LogP contribution is -2.40. The predicted molar refractivity (Wildman–Crippen MR) is 103 cm³/mol. The third-order valence-electron chi connectivity index (χ3n) is 5.07. The molecule has 1 fully saturated rings. The molecule has 1 aromatic carbocycles. The molecule has 1 atom stereocenters. The summed E-state index contributed by atoms with van der Waals surface area (Å²) in [6, 6.07) is 12.7. The molecule has 0 saturated carbocycles. The van der Waals surface area contributed by atoms with Crippen molar-refractivity contribution in [2.24, 2.45) is 11.7 Å². The molecular weight excluding hydrogens is 324 g/mol. The summed E-state index contributed by atoms with van der Waals surface area (Å²) in [5.41, 5.74) is 10.3. The average Bonchev–Trinajstić information content (AvgIpc) is 2.64. The highest BCUT2D eigenvalue weighted by atomic mass is 16.1. The molecule has 1 saturated heterocycles. The molecule has 0 radical (unpaired) electrons. The monoisotopic (exact) mass is 352 g/mol. The topological polar surface area (TPSA) is 71.2 Å². The van der Waals surface area contributed by atoms with Crippen LogP contribution < -0.4 is 11.1 Å². The van der Waals surface area contributed by atoms with E-state index in [4.69, 9.17) is 5.73 Å². The molecule has 3 rings (SSSR count). The summed E-state index contributed by atoms with van der Waals surface area (Å²) in [4.78, 5) is 18.1. The minimum atomic E-state index is -0.168. The molecule has 1 aliphatic heterocycles. The standard InChI is InChI=1S/C21H28N4O/c1-16-19(7-3-9-24-16)13-23-12-17-5-2-6-18(11-17)14-25-10-4-8-20(15-25)21(22)26/h2-3,5-7,9,11,20,23H,4,8,10,12-15H2,1H3,(H2,22,26)/t20-/m0/s1. The SMILES string of the molecule is Cc1ncccc1CNCc1cccc(CN2CCC[C@H](C(N)=O)C2)c1. The summed E-state index contributed by atoms with van der Waals surface area (Å²) in [5, 5.41) is 3.50. The summed E-state index contributed by atoms with van der Waals surface area (Å²) in [7, 11) is 0. The Labute approximate surface area is 155 Å². The zero-order valence-corrected chi connectivity index (χ0v) is 15.4. The molecule has 1 amide bonds. The van der Waals surface area contributed by atoms with E-state index in [-0.39, 0.29) is 11.8 Å². The Kier molecular flexibility index (Phi) is 6.36. The number of hydrogen-bond acceptors (Lipinski definition) is 4. The van der Waals surface area contributed by atoms with E-state index in [2.05, 4.69) is 45.5 Å². The highest BCUT2D eigenvalue weighted by Crippen LogP contribution is 2.18. The van der Waals surface area contributed by atoms with Crippen LogP contribution in [-0.4, -0.2) is 28.9 Å². The van der Waals surface area contributed by atoms with Crippen LogP contribution in [0, 0.1) is 12.8 Å². The molecule has 5 nitrogen and oxygen atoms in total. The number of piperidine rings is 1. The summed E-state index contributed by atoms with van der Waals surface area (Å²) in [6.07, 6.45) is 3.79. The number of pyridine rings is 1. The minimum absolute atomic E-state index is 0.00341. The van der Waals surface area contributed by atoms with Crippen LogP contribution in [0.1, 0.15) is 35.2 Å². The van der Waals surface area contributed by atoms with E-state index in [1.165, 1.54) is 16.7 Å². The van der Waals surface area contributed by atoms with Gasteiger partial charge in [-0.15, -0.1) is 0 Å². The Balaban J connectivity index is 1.53. The molecular formula is C21H28N4O. The van der Waals surface area contributed by atoms with Crippen LogP contribution in [0.3, 0.4) is 0 Å². The highest BCUT2D eigenvalue weighted by molar-refractivity contribution is 5.76. The molecule has 5 heteroatoms. The fourth-order valence-corrected chi connectivity index (χ4v) is 3.57. The Bertz CT molecular complexity index is 746. The van der Waals surface area contributed by atoms with Crippen molar-refractivity contribution in [3.63, 3.8) is 0 Å². The number of nitrogens with one attached hydrogen (secondary N) is 1. The first-order valence-corrected chi connectivity index (χ1v) is 9.32. The lowest BCUT2D eigenvalue weighted by Gasteiger charge is -2.31. The third-order valence-corrected chi connectivity index (χ3v) is 5.07. The Morgan fingerprint density at radius 1 is 1.27 bits per heavy atom. The van der Waals surface area contributed by atoms with Crippen LogP contribution in [0.15, 0.2) is 42.6 Å². The maximum Gasteiger partial charge on any atom is 0.221 e. The van der Waals surface area contributed by atoms with Gasteiger partial charge in [0.05, 0.1) is 5.92 Å². The molecule has 0 unspecified atom stereocenters. The van der Waals surface area contributed by atoms with Gasteiger partial charge in [-0.1, -0.05) is 30.3 Å². The second kappa shape index (κ2) is 8.92. The smallest absolute Gasteiger partial charge is 0.221 e. The Hall–Kier alpha value is -2.24. The van der Waals surface area contributed by atoms with E-state index in [1.54, 1.807) is 0 Å². The van der Waals surface area contributed by atoms with Crippen molar-refractivity contribution >= 4 is 5.91 Å². The number of primary amides is 1. The number of likely N-dealkylation sites (tertiary alicyclic amines) is 1. The molecule has 138 valence electrons. The number of nitrogens with two attached hydrogens (primary N) is 1. The second-order valence-corrected chi connectivity index (χ2v) is 7.15. The van der Waals surface area contributed by atoms with Gasteiger partial charge in [0.15, 0.2) is 0 Å². The lowest BCUT2D eigenvalue weighted by atomic mass is 9.97. The number of carbonyl (C=O) groups excluding carboxylic acids is 1. The zero-order chi connectivity index (χ0) is 18.4. The minimum Gasteiger partial charge on any atom is -0.369 e.